The summed E-state index contributed by atoms with van der Waals surface area (Å²) in [5, 5.41) is 12.6. The van der Waals surface area contributed by atoms with E-state index in [0.717, 1.165) is 16.6 Å². The maximum Gasteiger partial charge on any atom is 0.0709 e. The molecule has 1 atom stereocenters. The lowest BCUT2D eigenvalue weighted by molar-refractivity contribution is 0.183. The molecule has 1 unspecified atom stereocenters. The average molecular weight is 258 g/mol. The van der Waals surface area contributed by atoms with Crippen molar-refractivity contribution in [3.63, 3.8) is 0 Å². The maximum absolute atomic E-state index is 9.39. The molecule has 1 aromatic rings. The smallest absolute Gasteiger partial charge is 0.0709 e. The molecule has 0 radical (unpaired) electrons. The Hall–Kier alpha value is -0.540. The van der Waals surface area contributed by atoms with Crippen LogP contribution in [0.3, 0.4) is 0 Å². The van der Waals surface area contributed by atoms with E-state index in [1.807, 2.05) is 26.0 Å². The highest BCUT2D eigenvalue weighted by atomic mass is 79.9. The lowest BCUT2D eigenvalue weighted by Crippen LogP contribution is -2.18. The fraction of sp³-hybridized carbons (Fsp3) is 0.455. The Balaban J connectivity index is 2.59. The first-order chi connectivity index (χ1) is 6.63. The first-order valence-electron chi connectivity index (χ1n) is 4.81. The monoisotopic (exact) mass is 257 g/mol. The summed E-state index contributed by atoms with van der Waals surface area (Å²) in [7, 11) is 0. The molecule has 0 aliphatic carbocycles. The first-order valence-corrected chi connectivity index (χ1v) is 5.61. The highest BCUT2D eigenvalue weighted by Gasteiger charge is 2.02. The lowest BCUT2D eigenvalue weighted by atomic mass is 10.2. The van der Waals surface area contributed by atoms with Gasteiger partial charge in [-0.1, -0.05) is 22.9 Å². The SMILES string of the molecule is CCC(O)CNc1ccc(Br)cc1C. The van der Waals surface area contributed by atoms with Crippen LogP contribution in [0, 0.1) is 6.92 Å². The lowest BCUT2D eigenvalue weighted by Gasteiger charge is -2.12. The van der Waals surface area contributed by atoms with Crippen molar-refractivity contribution < 1.29 is 5.11 Å². The summed E-state index contributed by atoms with van der Waals surface area (Å²) in [5.41, 5.74) is 2.27. The number of aliphatic hydroxyl groups excluding tert-OH is 1. The molecule has 1 rings (SSSR count). The van der Waals surface area contributed by atoms with Gasteiger partial charge in [0.25, 0.3) is 0 Å². The van der Waals surface area contributed by atoms with E-state index >= 15 is 0 Å². The standard InChI is InChI=1S/C11H16BrNO/c1-3-10(14)7-13-11-5-4-9(12)6-8(11)2/h4-6,10,13-14H,3,7H2,1-2H3. The predicted molar refractivity (Wildman–Crippen MR) is 63.7 cm³/mol. The zero-order valence-corrected chi connectivity index (χ0v) is 10.1. The number of aliphatic hydroxyl groups is 1. The van der Waals surface area contributed by atoms with Gasteiger partial charge in [0.15, 0.2) is 0 Å². The van der Waals surface area contributed by atoms with Gasteiger partial charge in [0.05, 0.1) is 6.10 Å². The molecule has 0 heterocycles. The summed E-state index contributed by atoms with van der Waals surface area (Å²) in [5.74, 6) is 0. The Labute approximate surface area is 93.5 Å². The van der Waals surface area contributed by atoms with Crippen LogP contribution in [0.15, 0.2) is 22.7 Å². The Morgan fingerprint density at radius 2 is 2.21 bits per heavy atom. The van der Waals surface area contributed by atoms with Crippen LogP contribution in [0.5, 0.6) is 0 Å². The number of benzene rings is 1. The molecule has 0 aliphatic rings. The van der Waals surface area contributed by atoms with E-state index < -0.39 is 0 Å². The normalized spacial score (nSPS) is 12.6. The maximum atomic E-state index is 9.39. The summed E-state index contributed by atoms with van der Waals surface area (Å²) < 4.78 is 1.08. The number of hydrogen-bond acceptors (Lipinski definition) is 2. The fourth-order valence-corrected chi connectivity index (χ4v) is 1.67. The molecule has 3 heteroatoms. The van der Waals surface area contributed by atoms with E-state index in [2.05, 4.69) is 27.3 Å². The van der Waals surface area contributed by atoms with E-state index in [-0.39, 0.29) is 6.10 Å². The van der Waals surface area contributed by atoms with Gasteiger partial charge >= 0.3 is 0 Å². The quantitative estimate of drug-likeness (QED) is 0.870. The van der Waals surface area contributed by atoms with Crippen molar-refractivity contribution in [2.75, 3.05) is 11.9 Å². The highest BCUT2D eigenvalue weighted by Crippen LogP contribution is 2.19. The van der Waals surface area contributed by atoms with Gasteiger partial charge in [0.2, 0.25) is 0 Å². The number of halogens is 1. The van der Waals surface area contributed by atoms with Crippen LogP contribution in [0.25, 0.3) is 0 Å². The number of aryl methyl sites for hydroxylation is 1. The third-order valence-electron chi connectivity index (χ3n) is 2.19. The molecule has 0 amide bonds. The van der Waals surface area contributed by atoms with Gasteiger partial charge in [-0.2, -0.15) is 0 Å². The van der Waals surface area contributed by atoms with Gasteiger partial charge in [-0.15, -0.1) is 0 Å². The number of rotatable bonds is 4. The van der Waals surface area contributed by atoms with Crippen molar-refractivity contribution in [2.45, 2.75) is 26.4 Å². The number of nitrogens with one attached hydrogen (secondary N) is 1. The van der Waals surface area contributed by atoms with Crippen LogP contribution >= 0.6 is 15.9 Å². The molecule has 14 heavy (non-hydrogen) atoms. The molecule has 0 aliphatic heterocycles. The number of hydrogen-bond donors (Lipinski definition) is 2. The van der Waals surface area contributed by atoms with Crippen LogP contribution in [0.2, 0.25) is 0 Å². The van der Waals surface area contributed by atoms with Crippen molar-refractivity contribution in [1.82, 2.24) is 0 Å². The van der Waals surface area contributed by atoms with Crippen molar-refractivity contribution in [1.29, 1.82) is 0 Å². The molecule has 2 N–H and O–H groups in total. The third-order valence-corrected chi connectivity index (χ3v) is 2.68. The second-order valence-corrected chi connectivity index (χ2v) is 4.32. The molecule has 0 spiro atoms. The largest absolute Gasteiger partial charge is 0.391 e. The van der Waals surface area contributed by atoms with Gasteiger partial charge in [-0.25, -0.2) is 0 Å². The minimum Gasteiger partial charge on any atom is -0.391 e. The summed E-state index contributed by atoms with van der Waals surface area (Å²) in [6, 6.07) is 6.07. The first kappa shape index (κ1) is 11.5. The molecule has 1 aromatic carbocycles. The summed E-state index contributed by atoms with van der Waals surface area (Å²) >= 11 is 3.41. The predicted octanol–water partition coefficient (Wildman–Crippen LogP) is 2.94. The second-order valence-electron chi connectivity index (χ2n) is 3.40. The third kappa shape index (κ3) is 3.31. The van der Waals surface area contributed by atoms with Crippen molar-refractivity contribution in [2.24, 2.45) is 0 Å². The Bertz CT molecular complexity index is 301. The van der Waals surface area contributed by atoms with E-state index in [1.165, 1.54) is 5.56 Å². The highest BCUT2D eigenvalue weighted by molar-refractivity contribution is 9.10. The minimum absolute atomic E-state index is 0.266. The van der Waals surface area contributed by atoms with Crippen molar-refractivity contribution in [3.8, 4) is 0 Å². The van der Waals surface area contributed by atoms with Gasteiger partial charge in [0.1, 0.15) is 0 Å². The van der Waals surface area contributed by atoms with Crippen molar-refractivity contribution in [3.05, 3.63) is 28.2 Å². The van der Waals surface area contributed by atoms with Gasteiger partial charge in [0, 0.05) is 16.7 Å². The minimum atomic E-state index is -0.266. The summed E-state index contributed by atoms with van der Waals surface area (Å²) in [4.78, 5) is 0. The van der Waals surface area contributed by atoms with Crippen LogP contribution < -0.4 is 5.32 Å². The molecule has 0 saturated carbocycles. The molecular weight excluding hydrogens is 242 g/mol. The molecule has 2 nitrogen and oxygen atoms in total. The summed E-state index contributed by atoms with van der Waals surface area (Å²) in [6.45, 7) is 4.63. The topological polar surface area (TPSA) is 32.3 Å². The Morgan fingerprint density at radius 3 is 2.79 bits per heavy atom. The Morgan fingerprint density at radius 1 is 1.50 bits per heavy atom. The fourth-order valence-electron chi connectivity index (χ4n) is 1.20. The van der Waals surface area contributed by atoms with Gasteiger partial charge in [-0.05, 0) is 37.1 Å². The van der Waals surface area contributed by atoms with Gasteiger partial charge in [-0.3, -0.25) is 0 Å². The Kier molecular flexibility index (Phi) is 4.42. The van der Waals surface area contributed by atoms with E-state index in [1.54, 1.807) is 0 Å². The molecule has 0 fully saturated rings. The van der Waals surface area contributed by atoms with Gasteiger partial charge < -0.3 is 10.4 Å². The summed E-state index contributed by atoms with van der Waals surface area (Å²) in [6.07, 6.45) is 0.515. The molecule has 78 valence electrons. The average Bonchev–Trinajstić information content (AvgIpc) is 2.16. The zero-order chi connectivity index (χ0) is 10.6. The molecule has 0 aromatic heterocycles. The molecule has 0 bridgehead atoms. The zero-order valence-electron chi connectivity index (χ0n) is 8.55. The van der Waals surface area contributed by atoms with Crippen LogP contribution in [0.1, 0.15) is 18.9 Å². The molecular formula is C11H16BrNO. The van der Waals surface area contributed by atoms with Crippen LogP contribution in [0.4, 0.5) is 5.69 Å². The second kappa shape index (κ2) is 5.37. The van der Waals surface area contributed by atoms with Crippen molar-refractivity contribution >= 4 is 21.6 Å². The van der Waals surface area contributed by atoms with E-state index in [4.69, 9.17) is 0 Å². The number of anilines is 1. The van der Waals surface area contributed by atoms with Crippen LogP contribution in [-0.4, -0.2) is 17.8 Å². The van der Waals surface area contributed by atoms with E-state index in [9.17, 15) is 5.11 Å². The van der Waals surface area contributed by atoms with E-state index in [0.29, 0.717) is 6.54 Å². The molecule has 0 saturated heterocycles. The van der Waals surface area contributed by atoms with Crippen LogP contribution in [-0.2, 0) is 0 Å².